The summed E-state index contributed by atoms with van der Waals surface area (Å²) in [4.78, 5) is 4.65. The Labute approximate surface area is 120 Å². The van der Waals surface area contributed by atoms with E-state index in [1.54, 1.807) is 7.11 Å². The second-order valence-corrected chi connectivity index (χ2v) is 4.13. The minimum absolute atomic E-state index is 0. The van der Waals surface area contributed by atoms with Gasteiger partial charge in [-0.2, -0.15) is 0 Å². The van der Waals surface area contributed by atoms with E-state index in [0.717, 1.165) is 30.0 Å². The molecule has 2 N–H and O–H groups in total. The topological polar surface area (TPSA) is 53.1 Å². The van der Waals surface area contributed by atoms with Crippen molar-refractivity contribution >= 4 is 12.4 Å². The van der Waals surface area contributed by atoms with Crippen molar-refractivity contribution in [1.29, 1.82) is 0 Å². The number of methoxy groups -OCH3 is 1. The van der Waals surface area contributed by atoms with Crippen LogP contribution in [0.5, 0.6) is 0 Å². The number of rotatable bonds is 6. The highest BCUT2D eigenvalue weighted by molar-refractivity contribution is 5.85. The first-order valence-corrected chi connectivity index (χ1v) is 6.15. The van der Waals surface area contributed by atoms with E-state index in [9.17, 15) is 0 Å². The van der Waals surface area contributed by atoms with Gasteiger partial charge in [0.25, 0.3) is 0 Å². The molecule has 0 bridgehead atoms. The molecule has 2 rings (SSSR count). The zero-order valence-corrected chi connectivity index (χ0v) is 11.9. The SMILES string of the molecule is COCCn1cc(-c2ccccc2)nc1CCN.Cl. The summed E-state index contributed by atoms with van der Waals surface area (Å²) in [5.41, 5.74) is 7.75. The molecule has 0 saturated heterocycles. The molecular weight excluding hydrogens is 262 g/mol. The average molecular weight is 282 g/mol. The molecule has 5 heteroatoms. The normalized spacial score (nSPS) is 10.2. The van der Waals surface area contributed by atoms with Crippen LogP contribution in [0.2, 0.25) is 0 Å². The molecule has 0 aliphatic heterocycles. The molecule has 2 aromatic rings. The van der Waals surface area contributed by atoms with Gasteiger partial charge in [-0.05, 0) is 6.54 Å². The van der Waals surface area contributed by atoms with Crippen molar-refractivity contribution in [3.8, 4) is 11.3 Å². The fraction of sp³-hybridized carbons (Fsp3) is 0.357. The van der Waals surface area contributed by atoms with Gasteiger partial charge in [0.15, 0.2) is 0 Å². The molecule has 0 saturated carbocycles. The standard InChI is InChI=1S/C14H19N3O.ClH/c1-18-10-9-17-11-13(16-14(17)7-8-15)12-5-3-2-4-6-12;/h2-6,11H,7-10,15H2,1H3;1H. The smallest absolute Gasteiger partial charge is 0.110 e. The minimum atomic E-state index is 0. The van der Waals surface area contributed by atoms with E-state index < -0.39 is 0 Å². The van der Waals surface area contributed by atoms with Crippen LogP contribution in [-0.4, -0.2) is 29.8 Å². The highest BCUT2D eigenvalue weighted by atomic mass is 35.5. The Kier molecular flexibility index (Phi) is 6.56. The second-order valence-electron chi connectivity index (χ2n) is 4.13. The zero-order chi connectivity index (χ0) is 12.8. The maximum Gasteiger partial charge on any atom is 0.110 e. The third-order valence-electron chi connectivity index (χ3n) is 2.83. The fourth-order valence-electron chi connectivity index (χ4n) is 1.91. The fourth-order valence-corrected chi connectivity index (χ4v) is 1.91. The van der Waals surface area contributed by atoms with E-state index >= 15 is 0 Å². The summed E-state index contributed by atoms with van der Waals surface area (Å²) in [5.74, 6) is 1.02. The molecule has 0 aliphatic carbocycles. The van der Waals surface area contributed by atoms with Crippen molar-refractivity contribution in [1.82, 2.24) is 9.55 Å². The molecule has 0 atom stereocenters. The molecular formula is C14H20ClN3O. The summed E-state index contributed by atoms with van der Waals surface area (Å²) < 4.78 is 7.24. The lowest BCUT2D eigenvalue weighted by molar-refractivity contribution is 0.186. The predicted molar refractivity (Wildman–Crippen MR) is 79.5 cm³/mol. The summed E-state index contributed by atoms with van der Waals surface area (Å²) in [6.07, 6.45) is 2.86. The van der Waals surface area contributed by atoms with Gasteiger partial charge in [0.05, 0.1) is 12.3 Å². The first-order valence-electron chi connectivity index (χ1n) is 6.15. The van der Waals surface area contributed by atoms with Crippen molar-refractivity contribution in [2.75, 3.05) is 20.3 Å². The maximum atomic E-state index is 5.62. The van der Waals surface area contributed by atoms with Gasteiger partial charge in [-0.1, -0.05) is 30.3 Å². The summed E-state index contributed by atoms with van der Waals surface area (Å²) >= 11 is 0. The Morgan fingerprint density at radius 3 is 2.63 bits per heavy atom. The van der Waals surface area contributed by atoms with Crippen molar-refractivity contribution in [2.45, 2.75) is 13.0 Å². The van der Waals surface area contributed by atoms with E-state index in [2.05, 4.69) is 27.9 Å². The lowest BCUT2D eigenvalue weighted by atomic mass is 10.2. The Hall–Kier alpha value is -1.36. The number of hydrogen-bond acceptors (Lipinski definition) is 3. The third-order valence-corrected chi connectivity index (χ3v) is 2.83. The number of benzene rings is 1. The zero-order valence-electron chi connectivity index (χ0n) is 11.1. The van der Waals surface area contributed by atoms with Crippen LogP contribution in [0.25, 0.3) is 11.3 Å². The van der Waals surface area contributed by atoms with Gasteiger partial charge in [0.1, 0.15) is 5.82 Å². The Balaban J connectivity index is 0.00000180. The molecule has 0 aliphatic rings. The highest BCUT2D eigenvalue weighted by Crippen LogP contribution is 2.18. The maximum absolute atomic E-state index is 5.62. The van der Waals surface area contributed by atoms with Crippen LogP contribution in [0.4, 0.5) is 0 Å². The largest absolute Gasteiger partial charge is 0.383 e. The first kappa shape index (κ1) is 15.7. The van der Waals surface area contributed by atoms with Gasteiger partial charge < -0.3 is 15.0 Å². The Morgan fingerprint density at radius 1 is 1.26 bits per heavy atom. The van der Waals surface area contributed by atoms with Gasteiger partial charge in [-0.15, -0.1) is 12.4 Å². The van der Waals surface area contributed by atoms with Gasteiger partial charge >= 0.3 is 0 Å². The van der Waals surface area contributed by atoms with Crippen LogP contribution < -0.4 is 5.73 Å². The van der Waals surface area contributed by atoms with Crippen molar-refractivity contribution in [3.05, 3.63) is 42.4 Å². The highest BCUT2D eigenvalue weighted by Gasteiger charge is 2.08. The van der Waals surface area contributed by atoms with Crippen molar-refractivity contribution in [3.63, 3.8) is 0 Å². The molecule has 19 heavy (non-hydrogen) atoms. The number of halogens is 1. The molecule has 4 nitrogen and oxygen atoms in total. The van der Waals surface area contributed by atoms with Crippen LogP contribution >= 0.6 is 12.4 Å². The second kappa shape index (κ2) is 7.94. The molecule has 1 aromatic carbocycles. The van der Waals surface area contributed by atoms with E-state index in [1.165, 1.54) is 0 Å². The van der Waals surface area contributed by atoms with Crippen molar-refractivity contribution < 1.29 is 4.74 Å². The molecule has 0 amide bonds. The van der Waals surface area contributed by atoms with E-state index in [4.69, 9.17) is 10.5 Å². The quantitative estimate of drug-likeness (QED) is 0.882. The number of imidazole rings is 1. The molecule has 0 radical (unpaired) electrons. The van der Waals surface area contributed by atoms with E-state index in [0.29, 0.717) is 13.2 Å². The molecule has 0 unspecified atom stereocenters. The van der Waals surface area contributed by atoms with Gasteiger partial charge in [-0.3, -0.25) is 0 Å². The van der Waals surface area contributed by atoms with Crippen LogP contribution in [-0.2, 0) is 17.7 Å². The van der Waals surface area contributed by atoms with Gasteiger partial charge in [0.2, 0.25) is 0 Å². The number of ether oxygens (including phenoxy) is 1. The number of nitrogens with two attached hydrogens (primary N) is 1. The number of nitrogens with zero attached hydrogens (tertiary/aromatic N) is 2. The van der Waals surface area contributed by atoms with E-state index in [-0.39, 0.29) is 12.4 Å². The minimum Gasteiger partial charge on any atom is -0.383 e. The molecule has 0 fully saturated rings. The third kappa shape index (κ3) is 4.06. The monoisotopic (exact) mass is 281 g/mol. The summed E-state index contributed by atoms with van der Waals surface area (Å²) in [6.45, 7) is 2.10. The number of aromatic nitrogens is 2. The lowest BCUT2D eigenvalue weighted by Crippen LogP contribution is -2.11. The Morgan fingerprint density at radius 2 is 2.00 bits per heavy atom. The Bertz CT molecular complexity index is 485. The summed E-state index contributed by atoms with van der Waals surface area (Å²) in [6, 6.07) is 10.2. The molecule has 1 aromatic heterocycles. The van der Waals surface area contributed by atoms with Gasteiger partial charge in [0, 0.05) is 31.8 Å². The predicted octanol–water partition coefficient (Wildman–Crippen LogP) is 2.12. The van der Waals surface area contributed by atoms with Gasteiger partial charge in [-0.25, -0.2) is 4.98 Å². The number of hydrogen-bond donors (Lipinski definition) is 1. The van der Waals surface area contributed by atoms with E-state index in [1.807, 2.05) is 18.2 Å². The molecule has 0 spiro atoms. The van der Waals surface area contributed by atoms with Crippen LogP contribution in [0.15, 0.2) is 36.5 Å². The van der Waals surface area contributed by atoms with Crippen LogP contribution in [0, 0.1) is 0 Å². The lowest BCUT2D eigenvalue weighted by Gasteiger charge is -2.05. The van der Waals surface area contributed by atoms with Crippen LogP contribution in [0.3, 0.4) is 0 Å². The molecule has 1 heterocycles. The average Bonchev–Trinajstić information content (AvgIpc) is 2.81. The molecule has 104 valence electrons. The first-order chi connectivity index (χ1) is 8.85. The summed E-state index contributed by atoms with van der Waals surface area (Å²) in [5, 5.41) is 0. The van der Waals surface area contributed by atoms with Crippen LogP contribution in [0.1, 0.15) is 5.82 Å². The summed E-state index contributed by atoms with van der Waals surface area (Å²) in [7, 11) is 1.71. The van der Waals surface area contributed by atoms with Crippen molar-refractivity contribution in [2.24, 2.45) is 5.73 Å².